The fourth-order valence-electron chi connectivity index (χ4n) is 2.07. The molecule has 3 aromatic heterocycles. The predicted molar refractivity (Wildman–Crippen MR) is 77.0 cm³/mol. The average Bonchev–Trinajstić information content (AvgIpc) is 2.99. The number of alkyl halides is 2. The van der Waals surface area contributed by atoms with Gasteiger partial charge in [0.1, 0.15) is 0 Å². The number of rotatable bonds is 4. The molecule has 0 atom stereocenters. The highest BCUT2D eigenvalue weighted by molar-refractivity contribution is 5.51. The van der Waals surface area contributed by atoms with E-state index in [0.29, 0.717) is 12.1 Å². The van der Waals surface area contributed by atoms with Crippen molar-refractivity contribution >= 4 is 0 Å². The molecule has 0 spiro atoms. The molecule has 6 nitrogen and oxygen atoms in total. The minimum Gasteiger partial charge on any atom is -0.415 e. The van der Waals surface area contributed by atoms with Gasteiger partial charge in [0.15, 0.2) is 0 Å². The van der Waals surface area contributed by atoms with Gasteiger partial charge in [-0.15, -0.1) is 10.2 Å². The molecule has 23 heavy (non-hydrogen) atoms. The summed E-state index contributed by atoms with van der Waals surface area (Å²) in [7, 11) is 0. The van der Waals surface area contributed by atoms with Crippen molar-refractivity contribution in [1.82, 2.24) is 19.7 Å². The van der Waals surface area contributed by atoms with E-state index in [4.69, 9.17) is 4.42 Å². The Bertz CT molecular complexity index is 889. The van der Waals surface area contributed by atoms with Crippen molar-refractivity contribution in [3.05, 3.63) is 64.2 Å². The maximum Gasteiger partial charge on any atom is 0.314 e. The van der Waals surface area contributed by atoms with Crippen molar-refractivity contribution in [2.45, 2.75) is 19.9 Å². The van der Waals surface area contributed by atoms with Crippen molar-refractivity contribution in [1.29, 1.82) is 0 Å². The minimum atomic E-state index is -2.84. The number of aryl methyl sites for hydroxylation is 1. The molecule has 0 aliphatic rings. The molecular formula is C15H12F2N4O2. The molecule has 0 aliphatic heterocycles. The van der Waals surface area contributed by atoms with Gasteiger partial charge >= 0.3 is 6.43 Å². The van der Waals surface area contributed by atoms with E-state index in [1.807, 2.05) is 19.1 Å². The maximum atomic E-state index is 12.4. The first-order valence-corrected chi connectivity index (χ1v) is 6.77. The monoisotopic (exact) mass is 318 g/mol. The second-order valence-electron chi connectivity index (χ2n) is 4.95. The Morgan fingerprint density at radius 3 is 2.74 bits per heavy atom. The second kappa shape index (κ2) is 6.07. The van der Waals surface area contributed by atoms with E-state index in [1.165, 1.54) is 16.8 Å². The highest BCUT2D eigenvalue weighted by Gasteiger charge is 2.17. The molecule has 118 valence electrons. The fourth-order valence-corrected chi connectivity index (χ4v) is 2.07. The van der Waals surface area contributed by atoms with Crippen LogP contribution in [-0.2, 0) is 6.54 Å². The van der Waals surface area contributed by atoms with Crippen LogP contribution < -0.4 is 5.56 Å². The highest BCUT2D eigenvalue weighted by atomic mass is 19.3. The normalized spacial score (nSPS) is 11.1. The second-order valence-corrected chi connectivity index (χ2v) is 4.95. The third-order valence-electron chi connectivity index (χ3n) is 3.17. The lowest BCUT2D eigenvalue weighted by atomic mass is 10.2. The van der Waals surface area contributed by atoms with Crippen molar-refractivity contribution in [2.24, 2.45) is 0 Å². The topological polar surface area (TPSA) is 73.8 Å². The minimum absolute atomic E-state index is 0.113. The number of hydrogen-bond acceptors (Lipinski definition) is 5. The fraction of sp³-hybridized carbons (Fsp3) is 0.200. The number of nitrogens with zero attached hydrogens (tertiary/aromatic N) is 4. The van der Waals surface area contributed by atoms with Gasteiger partial charge in [0.05, 0.1) is 12.2 Å². The van der Waals surface area contributed by atoms with E-state index in [9.17, 15) is 13.6 Å². The van der Waals surface area contributed by atoms with Crippen LogP contribution in [0.1, 0.15) is 23.6 Å². The Labute approximate surface area is 129 Å². The van der Waals surface area contributed by atoms with Crippen LogP contribution in [-0.4, -0.2) is 19.7 Å². The Hall–Kier alpha value is -2.90. The summed E-state index contributed by atoms with van der Waals surface area (Å²) in [5.74, 6) is -0.883. The zero-order chi connectivity index (χ0) is 16.4. The third kappa shape index (κ3) is 3.31. The van der Waals surface area contributed by atoms with E-state index in [-0.39, 0.29) is 11.4 Å². The average molecular weight is 318 g/mol. The van der Waals surface area contributed by atoms with E-state index in [2.05, 4.69) is 15.2 Å². The SMILES string of the molecule is Cc1ccnc(Cn2ccc(-c3nnc(C(F)F)o3)cc2=O)c1. The maximum absolute atomic E-state index is 12.4. The first-order valence-electron chi connectivity index (χ1n) is 6.77. The van der Waals surface area contributed by atoms with Crippen LogP contribution in [0.5, 0.6) is 0 Å². The molecule has 3 rings (SSSR count). The quantitative estimate of drug-likeness (QED) is 0.739. The van der Waals surface area contributed by atoms with Gasteiger partial charge in [-0.3, -0.25) is 9.78 Å². The summed E-state index contributed by atoms with van der Waals surface area (Å²) in [6.45, 7) is 2.25. The molecule has 3 aromatic rings. The summed E-state index contributed by atoms with van der Waals surface area (Å²) in [6, 6.07) is 6.57. The first-order chi connectivity index (χ1) is 11.0. The van der Waals surface area contributed by atoms with Gasteiger partial charge in [0, 0.05) is 24.0 Å². The van der Waals surface area contributed by atoms with Crippen LogP contribution in [0.2, 0.25) is 0 Å². The third-order valence-corrected chi connectivity index (χ3v) is 3.17. The number of pyridine rings is 2. The zero-order valence-corrected chi connectivity index (χ0v) is 12.1. The predicted octanol–water partition coefficient (Wildman–Crippen LogP) is 2.59. The molecule has 0 fully saturated rings. The Balaban J connectivity index is 1.87. The molecule has 0 amide bonds. The van der Waals surface area contributed by atoms with Gasteiger partial charge in [0.25, 0.3) is 11.4 Å². The lowest BCUT2D eigenvalue weighted by Crippen LogP contribution is -2.19. The first kappa shape index (κ1) is 15.0. The highest BCUT2D eigenvalue weighted by Crippen LogP contribution is 2.22. The summed E-state index contributed by atoms with van der Waals surface area (Å²) < 4.78 is 31.2. The molecule has 8 heteroatoms. The van der Waals surface area contributed by atoms with Crippen LogP contribution in [0.4, 0.5) is 8.78 Å². The Morgan fingerprint density at radius 1 is 1.26 bits per heavy atom. The molecule has 0 bridgehead atoms. The molecular weight excluding hydrogens is 306 g/mol. The molecule has 3 heterocycles. The Morgan fingerprint density at radius 2 is 2.09 bits per heavy atom. The van der Waals surface area contributed by atoms with Crippen LogP contribution in [0, 0.1) is 6.92 Å². The summed E-state index contributed by atoms with van der Waals surface area (Å²) in [4.78, 5) is 16.3. The van der Waals surface area contributed by atoms with E-state index >= 15 is 0 Å². The molecule has 0 saturated heterocycles. The van der Waals surface area contributed by atoms with Gasteiger partial charge < -0.3 is 8.98 Å². The summed E-state index contributed by atoms with van der Waals surface area (Å²) in [5, 5.41) is 6.75. The molecule has 0 N–H and O–H groups in total. The summed E-state index contributed by atoms with van der Waals surface area (Å²) in [6.07, 6.45) is 0.367. The van der Waals surface area contributed by atoms with Crippen LogP contribution in [0.15, 0.2) is 45.9 Å². The van der Waals surface area contributed by atoms with Gasteiger partial charge in [-0.1, -0.05) is 0 Å². The number of halogens is 2. The van der Waals surface area contributed by atoms with E-state index in [0.717, 1.165) is 11.3 Å². The van der Waals surface area contributed by atoms with Crippen molar-refractivity contribution in [2.75, 3.05) is 0 Å². The van der Waals surface area contributed by atoms with Crippen molar-refractivity contribution in [3.8, 4) is 11.5 Å². The number of hydrogen-bond donors (Lipinski definition) is 0. The van der Waals surface area contributed by atoms with Gasteiger partial charge in [-0.25, -0.2) is 0 Å². The smallest absolute Gasteiger partial charge is 0.314 e. The molecule has 0 aliphatic carbocycles. The zero-order valence-electron chi connectivity index (χ0n) is 12.1. The van der Waals surface area contributed by atoms with Gasteiger partial charge in [-0.2, -0.15) is 8.78 Å². The van der Waals surface area contributed by atoms with Crippen LogP contribution in [0.3, 0.4) is 0 Å². The largest absolute Gasteiger partial charge is 0.415 e. The molecule has 0 radical (unpaired) electrons. The summed E-state index contributed by atoms with van der Waals surface area (Å²) >= 11 is 0. The standard InChI is InChI=1S/C15H12F2N4O2/c1-9-2-4-18-11(6-9)8-21-5-3-10(7-12(21)22)14-19-20-15(23-14)13(16)17/h2-7,13H,8H2,1H3. The van der Waals surface area contributed by atoms with Crippen LogP contribution in [0.25, 0.3) is 11.5 Å². The van der Waals surface area contributed by atoms with Crippen molar-refractivity contribution < 1.29 is 13.2 Å². The summed E-state index contributed by atoms with van der Waals surface area (Å²) in [5.41, 5.74) is 1.77. The van der Waals surface area contributed by atoms with E-state index in [1.54, 1.807) is 12.3 Å². The van der Waals surface area contributed by atoms with E-state index < -0.39 is 12.3 Å². The number of aromatic nitrogens is 4. The molecule has 0 saturated carbocycles. The Kier molecular flexibility index (Phi) is 3.96. The van der Waals surface area contributed by atoms with Gasteiger partial charge in [-0.05, 0) is 30.7 Å². The molecule has 0 aromatic carbocycles. The lowest BCUT2D eigenvalue weighted by molar-refractivity contribution is 0.116. The van der Waals surface area contributed by atoms with Gasteiger partial charge in [0.2, 0.25) is 5.89 Å². The molecule has 0 unspecified atom stereocenters. The lowest BCUT2D eigenvalue weighted by Gasteiger charge is -2.06. The van der Waals surface area contributed by atoms with Crippen molar-refractivity contribution in [3.63, 3.8) is 0 Å². The van der Waals surface area contributed by atoms with Crippen LogP contribution >= 0.6 is 0 Å².